The van der Waals surface area contributed by atoms with Crippen molar-refractivity contribution in [1.29, 1.82) is 0 Å². The molecule has 1 aromatic rings. The summed E-state index contributed by atoms with van der Waals surface area (Å²) in [6, 6.07) is 7.76. The third kappa shape index (κ3) is 4.88. The molecule has 3 fully saturated rings. The number of morpholine rings is 1. The van der Waals surface area contributed by atoms with Crippen molar-refractivity contribution in [1.82, 2.24) is 20.7 Å². The Morgan fingerprint density at radius 2 is 1.84 bits per heavy atom. The normalized spacial score (nSPS) is 26.0. The fourth-order valence-electron chi connectivity index (χ4n) is 4.72. The van der Waals surface area contributed by atoms with Crippen LogP contribution in [0.2, 0.25) is 0 Å². The van der Waals surface area contributed by atoms with Crippen molar-refractivity contribution >= 4 is 23.5 Å². The van der Waals surface area contributed by atoms with E-state index >= 15 is 0 Å². The second-order valence-corrected chi connectivity index (χ2v) is 9.31. The van der Waals surface area contributed by atoms with Crippen molar-refractivity contribution in [2.45, 2.75) is 44.7 Å². The molecule has 0 unspecified atom stereocenters. The van der Waals surface area contributed by atoms with Crippen molar-refractivity contribution in [3.63, 3.8) is 0 Å². The van der Waals surface area contributed by atoms with Crippen LogP contribution in [0.15, 0.2) is 24.3 Å². The highest BCUT2D eigenvalue weighted by Gasteiger charge is 2.52. The zero-order valence-electron chi connectivity index (χ0n) is 18.9. The first-order valence-corrected chi connectivity index (χ1v) is 11.4. The number of ether oxygens (including phenoxy) is 1. The van der Waals surface area contributed by atoms with E-state index in [0.717, 1.165) is 49.7 Å². The first kappa shape index (κ1) is 22.5. The topological polar surface area (TPSA) is 94.2 Å². The number of nitrogens with one attached hydrogen (secondary N) is 2. The monoisotopic (exact) mass is 443 g/mol. The second kappa shape index (κ2) is 9.46. The van der Waals surface area contributed by atoms with E-state index in [9.17, 15) is 14.4 Å². The minimum Gasteiger partial charge on any atom is -0.378 e. The maximum absolute atomic E-state index is 12.9. The summed E-state index contributed by atoms with van der Waals surface area (Å²) >= 11 is 0. The third-order valence-corrected chi connectivity index (χ3v) is 6.70. The van der Waals surface area contributed by atoms with E-state index in [1.54, 1.807) is 0 Å². The van der Waals surface area contributed by atoms with Crippen LogP contribution in [0.1, 0.15) is 38.2 Å². The van der Waals surface area contributed by atoms with E-state index in [4.69, 9.17) is 4.74 Å². The Hall–Kier alpha value is -2.65. The van der Waals surface area contributed by atoms with Gasteiger partial charge in [0.2, 0.25) is 0 Å². The van der Waals surface area contributed by atoms with Gasteiger partial charge in [-0.3, -0.25) is 19.9 Å². The molecule has 1 saturated carbocycles. The van der Waals surface area contributed by atoms with Crippen LogP contribution >= 0.6 is 0 Å². The number of benzene rings is 1. The molecule has 9 heteroatoms. The largest absolute Gasteiger partial charge is 0.378 e. The van der Waals surface area contributed by atoms with Crippen molar-refractivity contribution in [2.75, 3.05) is 44.8 Å². The molecule has 2 heterocycles. The van der Waals surface area contributed by atoms with Crippen LogP contribution in [-0.2, 0) is 20.9 Å². The molecule has 1 aromatic carbocycles. The number of imide groups is 1. The van der Waals surface area contributed by atoms with Gasteiger partial charge in [-0.2, -0.15) is 5.01 Å². The van der Waals surface area contributed by atoms with Gasteiger partial charge in [-0.25, -0.2) is 4.79 Å². The van der Waals surface area contributed by atoms with Crippen molar-refractivity contribution in [3.8, 4) is 0 Å². The molecule has 2 N–H and O–H groups in total. The molecule has 1 aliphatic carbocycles. The summed E-state index contributed by atoms with van der Waals surface area (Å²) in [5, 5.41) is 3.68. The van der Waals surface area contributed by atoms with Gasteiger partial charge < -0.3 is 15.0 Å². The van der Waals surface area contributed by atoms with Crippen LogP contribution in [0.4, 0.5) is 10.5 Å². The Labute approximate surface area is 189 Å². The molecule has 2 saturated heterocycles. The SMILES string of the molecule is CC1CCC2(CC1)NC(=O)N(NC(=O)CN(C)Cc1ccc(N3CCOCC3)cc1)C2=O. The predicted octanol–water partition coefficient (Wildman–Crippen LogP) is 1.49. The average molecular weight is 444 g/mol. The second-order valence-electron chi connectivity index (χ2n) is 9.31. The number of carbonyl (C=O) groups excluding carboxylic acids is 3. The zero-order valence-corrected chi connectivity index (χ0v) is 18.9. The summed E-state index contributed by atoms with van der Waals surface area (Å²) in [5.41, 5.74) is 3.90. The number of nitrogens with zero attached hydrogens (tertiary/aromatic N) is 3. The lowest BCUT2D eigenvalue weighted by Gasteiger charge is -2.33. The van der Waals surface area contributed by atoms with Crippen LogP contribution in [0, 0.1) is 5.92 Å². The Bertz CT molecular complexity index is 844. The van der Waals surface area contributed by atoms with Crippen LogP contribution in [-0.4, -0.2) is 73.2 Å². The van der Waals surface area contributed by atoms with Crippen molar-refractivity contribution in [3.05, 3.63) is 29.8 Å². The van der Waals surface area contributed by atoms with Gasteiger partial charge >= 0.3 is 6.03 Å². The van der Waals surface area contributed by atoms with Gasteiger partial charge in [0.05, 0.1) is 19.8 Å². The lowest BCUT2D eigenvalue weighted by molar-refractivity contribution is -0.140. The number of anilines is 1. The van der Waals surface area contributed by atoms with E-state index in [0.29, 0.717) is 25.3 Å². The molecule has 9 nitrogen and oxygen atoms in total. The molecule has 0 aromatic heterocycles. The molecule has 1 spiro atoms. The van der Waals surface area contributed by atoms with Crippen molar-refractivity contribution in [2.24, 2.45) is 5.92 Å². The smallest absolute Gasteiger partial charge is 0.344 e. The number of carbonyl (C=O) groups is 3. The number of rotatable bonds is 6. The average Bonchev–Trinajstić information content (AvgIpc) is 3.01. The van der Waals surface area contributed by atoms with Gasteiger partial charge in [-0.15, -0.1) is 0 Å². The van der Waals surface area contributed by atoms with Gasteiger partial charge in [-0.1, -0.05) is 19.1 Å². The zero-order chi connectivity index (χ0) is 22.7. The Morgan fingerprint density at radius 3 is 2.50 bits per heavy atom. The fraction of sp³-hybridized carbons (Fsp3) is 0.609. The molecule has 3 aliphatic rings. The maximum atomic E-state index is 12.9. The van der Waals surface area contributed by atoms with Gasteiger partial charge in [0.25, 0.3) is 11.8 Å². The summed E-state index contributed by atoms with van der Waals surface area (Å²) in [5.74, 6) is -0.183. The Balaban J connectivity index is 1.27. The first-order valence-electron chi connectivity index (χ1n) is 11.4. The van der Waals surface area contributed by atoms with E-state index in [1.807, 2.05) is 11.9 Å². The highest BCUT2D eigenvalue weighted by atomic mass is 16.5. The van der Waals surface area contributed by atoms with Crippen LogP contribution in [0.25, 0.3) is 0 Å². The third-order valence-electron chi connectivity index (χ3n) is 6.70. The van der Waals surface area contributed by atoms with E-state index < -0.39 is 11.6 Å². The van der Waals surface area contributed by atoms with Gasteiger partial charge in [0.1, 0.15) is 5.54 Å². The molecular formula is C23H33N5O4. The molecule has 174 valence electrons. The molecule has 32 heavy (non-hydrogen) atoms. The minimum atomic E-state index is -0.856. The molecule has 4 rings (SSSR count). The van der Waals surface area contributed by atoms with Crippen LogP contribution in [0.3, 0.4) is 0 Å². The van der Waals surface area contributed by atoms with Crippen molar-refractivity contribution < 1.29 is 19.1 Å². The van der Waals surface area contributed by atoms with Gasteiger partial charge in [0, 0.05) is 25.3 Å². The predicted molar refractivity (Wildman–Crippen MR) is 120 cm³/mol. The molecular weight excluding hydrogens is 410 g/mol. The molecule has 0 bridgehead atoms. The number of hydrogen-bond acceptors (Lipinski definition) is 6. The summed E-state index contributed by atoms with van der Waals surface area (Å²) in [6.45, 7) is 6.09. The lowest BCUT2D eigenvalue weighted by Crippen LogP contribution is -2.52. The quantitative estimate of drug-likeness (QED) is 0.647. The number of hydrazine groups is 1. The highest BCUT2D eigenvalue weighted by Crippen LogP contribution is 2.35. The molecule has 4 amide bonds. The molecule has 0 radical (unpaired) electrons. The van der Waals surface area contributed by atoms with Crippen LogP contribution < -0.4 is 15.6 Å². The minimum absolute atomic E-state index is 0.0757. The standard InChI is InChI=1S/C23H33N5O4/c1-17-7-9-23(10-8-17)21(30)28(22(31)24-23)25-20(29)16-26(2)15-18-3-5-19(6-4-18)27-11-13-32-14-12-27/h3-6,17H,7-16H2,1-2H3,(H,24,31)(H,25,29). The van der Waals surface area contributed by atoms with Crippen LogP contribution in [0.5, 0.6) is 0 Å². The lowest BCUT2D eigenvalue weighted by atomic mass is 9.77. The number of likely N-dealkylation sites (N-methyl/N-ethyl adjacent to an activating group) is 1. The maximum Gasteiger partial charge on any atom is 0.344 e. The van der Waals surface area contributed by atoms with E-state index in [1.165, 1.54) is 5.69 Å². The van der Waals surface area contributed by atoms with Gasteiger partial charge in [0.15, 0.2) is 0 Å². The first-order chi connectivity index (χ1) is 15.4. The summed E-state index contributed by atoms with van der Waals surface area (Å²) in [7, 11) is 1.84. The number of urea groups is 1. The Morgan fingerprint density at radius 1 is 1.19 bits per heavy atom. The number of amides is 4. The number of hydrogen-bond donors (Lipinski definition) is 2. The van der Waals surface area contributed by atoms with Gasteiger partial charge in [-0.05, 0) is 56.3 Å². The molecule has 2 aliphatic heterocycles. The Kier molecular flexibility index (Phi) is 6.66. The molecule has 0 atom stereocenters. The summed E-state index contributed by atoms with van der Waals surface area (Å²) in [4.78, 5) is 41.9. The van der Waals surface area contributed by atoms with E-state index in [2.05, 4.69) is 46.8 Å². The highest BCUT2D eigenvalue weighted by molar-refractivity contribution is 6.08. The van der Waals surface area contributed by atoms with E-state index in [-0.39, 0.29) is 18.4 Å². The fourth-order valence-corrected chi connectivity index (χ4v) is 4.72. The summed E-state index contributed by atoms with van der Waals surface area (Å²) < 4.78 is 5.40. The summed E-state index contributed by atoms with van der Waals surface area (Å²) in [6.07, 6.45) is 3.01.